The van der Waals surface area contributed by atoms with Gasteiger partial charge in [0.1, 0.15) is 11.9 Å². The molecular weight excluding hydrogens is 344 g/mol. The largest absolute Gasteiger partial charge is 0.494 e. The lowest BCUT2D eigenvalue weighted by Crippen LogP contribution is -2.52. The lowest BCUT2D eigenvalue weighted by molar-refractivity contribution is -0.142. The predicted molar refractivity (Wildman–Crippen MR) is 91.9 cm³/mol. The van der Waals surface area contributed by atoms with Gasteiger partial charge in [-0.2, -0.15) is 4.31 Å². The molecule has 7 nitrogen and oxygen atoms in total. The number of rotatable bonds is 5. The van der Waals surface area contributed by atoms with Crippen LogP contribution in [0.25, 0.3) is 0 Å². The van der Waals surface area contributed by atoms with Crippen LogP contribution in [0.1, 0.15) is 19.8 Å². The van der Waals surface area contributed by atoms with Gasteiger partial charge in [0.2, 0.25) is 10.0 Å². The van der Waals surface area contributed by atoms with E-state index in [2.05, 4.69) is 0 Å². The van der Waals surface area contributed by atoms with E-state index >= 15 is 0 Å². The molecule has 1 atom stereocenters. The first-order valence-electron chi connectivity index (χ1n) is 8.66. The number of benzene rings is 1. The third-order valence-corrected chi connectivity index (χ3v) is 6.44. The van der Waals surface area contributed by atoms with Crippen molar-refractivity contribution >= 4 is 15.9 Å². The quantitative estimate of drug-likeness (QED) is 0.778. The van der Waals surface area contributed by atoms with Crippen molar-refractivity contribution in [3.63, 3.8) is 0 Å². The van der Waals surface area contributed by atoms with Gasteiger partial charge in [0.15, 0.2) is 0 Å². The molecule has 2 aliphatic rings. The highest BCUT2D eigenvalue weighted by atomic mass is 32.2. The van der Waals surface area contributed by atoms with E-state index in [1.54, 1.807) is 29.2 Å². The van der Waals surface area contributed by atoms with Crippen molar-refractivity contribution in [2.45, 2.75) is 30.8 Å². The Morgan fingerprint density at radius 2 is 1.88 bits per heavy atom. The summed E-state index contributed by atoms with van der Waals surface area (Å²) < 4.78 is 37.7. The SMILES string of the molecule is CCOc1ccc(S(=O)(=O)N2CCN(C(=O)C3CCCO3)CC2)cc1. The third kappa shape index (κ3) is 3.96. The van der Waals surface area contributed by atoms with E-state index in [9.17, 15) is 13.2 Å². The molecule has 138 valence electrons. The molecule has 1 aromatic carbocycles. The number of hydrogen-bond acceptors (Lipinski definition) is 5. The van der Waals surface area contributed by atoms with Gasteiger partial charge in [-0.15, -0.1) is 0 Å². The van der Waals surface area contributed by atoms with Crippen molar-refractivity contribution in [3.8, 4) is 5.75 Å². The van der Waals surface area contributed by atoms with E-state index in [0.29, 0.717) is 45.1 Å². The molecule has 0 bridgehead atoms. The lowest BCUT2D eigenvalue weighted by atomic mass is 10.2. The monoisotopic (exact) mass is 368 g/mol. The van der Waals surface area contributed by atoms with E-state index in [-0.39, 0.29) is 16.9 Å². The Labute approximate surface area is 148 Å². The summed E-state index contributed by atoms with van der Waals surface area (Å²) in [6, 6.07) is 6.44. The van der Waals surface area contributed by atoms with Crippen LogP contribution >= 0.6 is 0 Å². The maximum atomic E-state index is 12.7. The average molecular weight is 368 g/mol. The molecule has 25 heavy (non-hydrogen) atoms. The first-order chi connectivity index (χ1) is 12.0. The molecule has 2 saturated heterocycles. The van der Waals surface area contributed by atoms with Gasteiger partial charge in [0.25, 0.3) is 5.91 Å². The van der Waals surface area contributed by atoms with Crippen LogP contribution in [0.3, 0.4) is 0 Å². The summed E-state index contributed by atoms with van der Waals surface area (Å²) in [6.45, 7) is 4.43. The second kappa shape index (κ2) is 7.72. The minimum Gasteiger partial charge on any atom is -0.494 e. The molecule has 0 aromatic heterocycles. The number of ether oxygens (including phenoxy) is 2. The fourth-order valence-corrected chi connectivity index (χ4v) is 4.57. The van der Waals surface area contributed by atoms with Crippen LogP contribution < -0.4 is 4.74 Å². The third-order valence-electron chi connectivity index (χ3n) is 4.53. The van der Waals surface area contributed by atoms with Crippen molar-refractivity contribution in [2.24, 2.45) is 0 Å². The molecule has 8 heteroatoms. The maximum absolute atomic E-state index is 12.7. The van der Waals surface area contributed by atoms with E-state index in [4.69, 9.17) is 9.47 Å². The molecule has 3 rings (SSSR count). The number of hydrogen-bond donors (Lipinski definition) is 0. The molecule has 0 spiro atoms. The average Bonchev–Trinajstić information content (AvgIpc) is 3.17. The van der Waals surface area contributed by atoms with Crippen molar-refractivity contribution in [1.29, 1.82) is 0 Å². The van der Waals surface area contributed by atoms with Gasteiger partial charge in [-0.1, -0.05) is 0 Å². The van der Waals surface area contributed by atoms with Crippen LogP contribution in [0.2, 0.25) is 0 Å². The minimum atomic E-state index is -3.55. The molecule has 2 aliphatic heterocycles. The van der Waals surface area contributed by atoms with Gasteiger partial charge in [0, 0.05) is 32.8 Å². The smallest absolute Gasteiger partial charge is 0.251 e. The van der Waals surface area contributed by atoms with Crippen LogP contribution in [0.15, 0.2) is 29.2 Å². The maximum Gasteiger partial charge on any atom is 0.251 e. The van der Waals surface area contributed by atoms with Crippen LogP contribution in [0.4, 0.5) is 0 Å². The Bertz CT molecular complexity index is 690. The minimum absolute atomic E-state index is 0.0179. The van der Waals surface area contributed by atoms with E-state index in [0.717, 1.165) is 12.8 Å². The Balaban J connectivity index is 1.61. The summed E-state index contributed by atoms with van der Waals surface area (Å²) in [5, 5.41) is 0. The molecule has 2 heterocycles. The highest BCUT2D eigenvalue weighted by Gasteiger charge is 2.33. The van der Waals surface area contributed by atoms with Crippen molar-refractivity contribution in [1.82, 2.24) is 9.21 Å². The molecule has 0 radical (unpaired) electrons. The van der Waals surface area contributed by atoms with E-state index in [1.165, 1.54) is 4.31 Å². The number of sulfonamides is 1. The fraction of sp³-hybridized carbons (Fsp3) is 0.588. The van der Waals surface area contributed by atoms with Crippen LogP contribution in [0.5, 0.6) is 5.75 Å². The second-order valence-corrected chi connectivity index (χ2v) is 8.07. The van der Waals surface area contributed by atoms with Gasteiger partial charge in [-0.25, -0.2) is 8.42 Å². The first-order valence-corrected chi connectivity index (χ1v) is 10.1. The van der Waals surface area contributed by atoms with E-state index < -0.39 is 10.0 Å². The first kappa shape index (κ1) is 18.2. The van der Waals surface area contributed by atoms with Gasteiger partial charge in [0.05, 0.1) is 11.5 Å². The Morgan fingerprint density at radius 3 is 2.44 bits per heavy atom. The number of carbonyl (C=O) groups is 1. The molecule has 0 saturated carbocycles. The zero-order valence-electron chi connectivity index (χ0n) is 14.4. The molecule has 1 unspecified atom stereocenters. The fourth-order valence-electron chi connectivity index (χ4n) is 3.15. The molecule has 1 aromatic rings. The van der Waals surface area contributed by atoms with Crippen molar-refractivity contribution in [2.75, 3.05) is 39.4 Å². The summed E-state index contributed by atoms with van der Waals surface area (Å²) in [4.78, 5) is 14.3. The number of piperazine rings is 1. The van der Waals surface area contributed by atoms with Crippen LogP contribution in [-0.2, 0) is 19.6 Å². The Kier molecular flexibility index (Phi) is 5.61. The second-order valence-electron chi connectivity index (χ2n) is 6.14. The van der Waals surface area contributed by atoms with Crippen LogP contribution in [-0.4, -0.2) is 69.0 Å². The zero-order valence-corrected chi connectivity index (χ0v) is 15.2. The predicted octanol–water partition coefficient (Wildman–Crippen LogP) is 1.10. The highest BCUT2D eigenvalue weighted by molar-refractivity contribution is 7.89. The summed E-state index contributed by atoms with van der Waals surface area (Å²) in [5.41, 5.74) is 0. The molecular formula is C17H24N2O5S. The summed E-state index contributed by atoms with van der Waals surface area (Å²) in [6.07, 6.45) is 1.31. The standard InChI is InChI=1S/C17H24N2O5S/c1-2-23-14-5-7-15(8-6-14)25(21,22)19-11-9-18(10-12-19)17(20)16-4-3-13-24-16/h5-8,16H,2-4,9-13H2,1H3. The molecule has 0 aliphatic carbocycles. The highest BCUT2D eigenvalue weighted by Crippen LogP contribution is 2.22. The summed E-state index contributed by atoms with van der Waals surface area (Å²) in [7, 11) is -3.55. The Hall–Kier alpha value is -1.64. The van der Waals surface area contributed by atoms with Crippen LogP contribution in [0, 0.1) is 0 Å². The van der Waals surface area contributed by atoms with Gasteiger partial charge in [-0.3, -0.25) is 4.79 Å². The molecule has 1 amide bonds. The lowest BCUT2D eigenvalue weighted by Gasteiger charge is -2.35. The van der Waals surface area contributed by atoms with E-state index in [1.807, 2.05) is 6.92 Å². The zero-order chi connectivity index (χ0) is 17.9. The molecule has 0 N–H and O–H groups in total. The van der Waals surface area contributed by atoms with Crippen molar-refractivity contribution < 1.29 is 22.7 Å². The molecule has 2 fully saturated rings. The number of nitrogens with zero attached hydrogens (tertiary/aromatic N) is 2. The van der Waals surface area contributed by atoms with Gasteiger partial charge >= 0.3 is 0 Å². The number of amides is 1. The Morgan fingerprint density at radius 1 is 1.20 bits per heavy atom. The number of carbonyl (C=O) groups excluding carboxylic acids is 1. The van der Waals surface area contributed by atoms with Gasteiger partial charge in [-0.05, 0) is 44.0 Å². The topological polar surface area (TPSA) is 76.2 Å². The normalized spacial score (nSPS) is 22.1. The van der Waals surface area contributed by atoms with Crippen molar-refractivity contribution in [3.05, 3.63) is 24.3 Å². The summed E-state index contributed by atoms with van der Waals surface area (Å²) in [5.74, 6) is 0.629. The van der Waals surface area contributed by atoms with Gasteiger partial charge < -0.3 is 14.4 Å². The summed E-state index contributed by atoms with van der Waals surface area (Å²) >= 11 is 0.